The first-order valence-electron chi connectivity index (χ1n) is 13.1. The van der Waals surface area contributed by atoms with Gasteiger partial charge in [-0.3, -0.25) is 4.79 Å². The fourth-order valence-corrected chi connectivity index (χ4v) is 8.93. The Bertz CT molecular complexity index is 1330. The van der Waals surface area contributed by atoms with E-state index < -0.39 is 17.1 Å². The van der Waals surface area contributed by atoms with Gasteiger partial charge in [0.1, 0.15) is 11.4 Å². The molecule has 8 atom stereocenters. The number of aliphatic hydroxyl groups is 2. The fraction of sp³-hybridized carbons (Fsp3) is 0.533. The van der Waals surface area contributed by atoms with Crippen molar-refractivity contribution in [2.24, 2.45) is 34.5 Å². The molecule has 0 radical (unpaired) electrons. The van der Waals surface area contributed by atoms with Crippen LogP contribution in [0.3, 0.4) is 0 Å². The monoisotopic (exact) mass is 490 g/mol. The Morgan fingerprint density at radius 2 is 1.92 bits per heavy atom. The van der Waals surface area contributed by atoms with Gasteiger partial charge in [0.15, 0.2) is 5.78 Å². The second-order valence-corrected chi connectivity index (χ2v) is 12.3. The highest BCUT2D eigenvalue weighted by molar-refractivity contribution is 5.86. The van der Waals surface area contributed by atoms with Crippen molar-refractivity contribution in [1.82, 2.24) is 9.78 Å². The Hall–Kier alpha value is -2.57. The summed E-state index contributed by atoms with van der Waals surface area (Å²) in [5, 5.41) is 28.1. The summed E-state index contributed by atoms with van der Waals surface area (Å²) in [6.45, 7) is 9.89. The van der Waals surface area contributed by atoms with Crippen molar-refractivity contribution in [2.45, 2.75) is 65.6 Å². The van der Waals surface area contributed by atoms with E-state index >= 15 is 0 Å². The zero-order chi connectivity index (χ0) is 25.8. The van der Waals surface area contributed by atoms with Crippen molar-refractivity contribution >= 4 is 11.9 Å². The predicted molar refractivity (Wildman–Crippen MR) is 136 cm³/mol. The maximum atomic E-state index is 13.5. The van der Waals surface area contributed by atoms with Crippen LogP contribution in [0.4, 0.5) is 4.39 Å². The van der Waals surface area contributed by atoms with E-state index in [4.69, 9.17) is 0 Å². The van der Waals surface area contributed by atoms with Gasteiger partial charge in [-0.25, -0.2) is 9.07 Å². The van der Waals surface area contributed by atoms with Gasteiger partial charge in [-0.15, -0.1) is 0 Å². The average molecular weight is 491 g/mol. The maximum absolute atomic E-state index is 13.5. The Kier molecular flexibility index (Phi) is 4.95. The van der Waals surface area contributed by atoms with Crippen LogP contribution in [0.15, 0.2) is 47.7 Å². The van der Waals surface area contributed by atoms with Crippen LogP contribution in [0, 0.1) is 40.3 Å². The van der Waals surface area contributed by atoms with Crippen LogP contribution in [-0.2, 0) is 11.2 Å². The number of rotatable bonds is 2. The van der Waals surface area contributed by atoms with Gasteiger partial charge in [0.05, 0.1) is 23.7 Å². The molecule has 190 valence electrons. The number of nitrogens with zero attached hydrogens (tertiary/aromatic N) is 2. The Morgan fingerprint density at radius 1 is 1.22 bits per heavy atom. The second-order valence-electron chi connectivity index (χ2n) is 12.3. The van der Waals surface area contributed by atoms with Gasteiger partial charge in [0.25, 0.3) is 0 Å². The van der Waals surface area contributed by atoms with E-state index in [1.807, 2.05) is 24.7 Å². The van der Waals surface area contributed by atoms with Crippen molar-refractivity contribution in [2.75, 3.05) is 0 Å². The summed E-state index contributed by atoms with van der Waals surface area (Å²) in [4.78, 5) is 12.7. The predicted octanol–water partition coefficient (Wildman–Crippen LogP) is 4.90. The fourth-order valence-electron chi connectivity index (χ4n) is 8.93. The molecule has 0 amide bonds. The van der Waals surface area contributed by atoms with Gasteiger partial charge in [-0.1, -0.05) is 32.4 Å². The molecule has 0 spiro atoms. The molecule has 2 saturated carbocycles. The lowest BCUT2D eigenvalue weighted by Crippen LogP contribution is -2.62. The van der Waals surface area contributed by atoms with Gasteiger partial charge < -0.3 is 10.2 Å². The molecular formula is C30H35FN2O3. The first kappa shape index (κ1) is 23.8. The first-order chi connectivity index (χ1) is 16.9. The largest absolute Gasteiger partial charge is 0.393 e. The van der Waals surface area contributed by atoms with Gasteiger partial charge in [0, 0.05) is 16.7 Å². The van der Waals surface area contributed by atoms with E-state index in [2.05, 4.69) is 31.1 Å². The van der Waals surface area contributed by atoms with Crippen LogP contribution in [0.2, 0.25) is 0 Å². The molecular weight excluding hydrogens is 455 g/mol. The topological polar surface area (TPSA) is 75.3 Å². The van der Waals surface area contributed by atoms with Crippen molar-refractivity contribution in [3.05, 3.63) is 64.8 Å². The molecule has 0 aliphatic heterocycles. The molecule has 4 aliphatic carbocycles. The SMILES string of the molecule is CC(=O)[C@@]1(O)[C@H](C)C[C@H]2[C@@H]3C=C(C)C4=Cc5c(cnn5-c5ccc(F)cc5)C[C@]4(C)C3[C@@H](O)C[C@@]21C. The second kappa shape index (κ2) is 7.48. The van der Waals surface area contributed by atoms with Crippen molar-refractivity contribution < 1.29 is 19.4 Å². The number of hydrogen-bond acceptors (Lipinski definition) is 4. The number of fused-ring (bicyclic) bond motifs is 6. The molecule has 2 aromatic rings. The molecule has 1 aromatic carbocycles. The lowest BCUT2D eigenvalue weighted by Gasteiger charge is -2.59. The van der Waals surface area contributed by atoms with Gasteiger partial charge in [-0.2, -0.15) is 5.10 Å². The summed E-state index contributed by atoms with van der Waals surface area (Å²) >= 11 is 0. The van der Waals surface area contributed by atoms with E-state index in [0.717, 1.165) is 29.8 Å². The maximum Gasteiger partial charge on any atom is 0.162 e. The Labute approximate surface area is 211 Å². The zero-order valence-corrected chi connectivity index (χ0v) is 21.6. The van der Waals surface area contributed by atoms with Crippen molar-refractivity contribution in [3.8, 4) is 5.69 Å². The van der Waals surface area contributed by atoms with Crippen LogP contribution in [0.5, 0.6) is 0 Å². The standard InChI is InChI=1S/C30H35FN2O3/c1-16-10-22-24-11-17(2)30(36,18(3)34)29(24,5)14-26(35)27(22)28(4)13-19-15-32-33(25(19)12-23(16)28)21-8-6-20(31)7-9-21/h6-10,12,15,17,22,24,26-27,35-36H,11,13-14H2,1-5H3/t17-,22+,24+,26+,27?,28+,29+,30+/m1/s1. The van der Waals surface area contributed by atoms with Gasteiger partial charge in [0.2, 0.25) is 0 Å². The van der Waals surface area contributed by atoms with Crippen LogP contribution in [0.25, 0.3) is 11.8 Å². The normalized spacial score (nSPS) is 40.9. The summed E-state index contributed by atoms with van der Waals surface area (Å²) < 4.78 is 15.4. The third kappa shape index (κ3) is 2.83. The van der Waals surface area contributed by atoms with Gasteiger partial charge >= 0.3 is 0 Å². The minimum atomic E-state index is -1.42. The smallest absolute Gasteiger partial charge is 0.162 e. The molecule has 2 fully saturated rings. The summed E-state index contributed by atoms with van der Waals surface area (Å²) in [6, 6.07) is 6.36. The molecule has 0 bridgehead atoms. The van der Waals surface area contributed by atoms with E-state index in [1.54, 1.807) is 12.1 Å². The van der Waals surface area contributed by atoms with Crippen molar-refractivity contribution in [3.63, 3.8) is 0 Å². The summed E-state index contributed by atoms with van der Waals surface area (Å²) in [5.74, 6) is -0.448. The van der Waals surface area contributed by atoms with E-state index in [0.29, 0.717) is 6.42 Å². The molecule has 1 unspecified atom stereocenters. The van der Waals surface area contributed by atoms with Gasteiger partial charge in [-0.05, 0) is 92.3 Å². The Balaban J connectivity index is 1.46. The number of ketones is 1. The number of hydrogen-bond donors (Lipinski definition) is 2. The number of aromatic nitrogens is 2. The minimum absolute atomic E-state index is 0.0191. The number of carbonyl (C=O) groups is 1. The van der Waals surface area contributed by atoms with Crippen LogP contribution < -0.4 is 0 Å². The molecule has 2 N–H and O–H groups in total. The molecule has 0 saturated heterocycles. The van der Waals surface area contributed by atoms with Crippen molar-refractivity contribution in [1.29, 1.82) is 0 Å². The summed E-state index contributed by atoms with van der Waals surface area (Å²) in [7, 11) is 0. The third-order valence-electron chi connectivity index (χ3n) is 10.5. The number of halogens is 1. The minimum Gasteiger partial charge on any atom is -0.393 e. The highest BCUT2D eigenvalue weighted by Crippen LogP contribution is 2.68. The molecule has 5 nitrogen and oxygen atoms in total. The number of allylic oxidation sites excluding steroid dienone is 3. The average Bonchev–Trinajstić information content (AvgIpc) is 3.30. The van der Waals surface area contributed by atoms with Crippen LogP contribution >= 0.6 is 0 Å². The molecule has 6 heteroatoms. The quantitative estimate of drug-likeness (QED) is 0.628. The highest BCUT2D eigenvalue weighted by atomic mass is 19.1. The van der Waals surface area contributed by atoms with E-state index in [9.17, 15) is 19.4 Å². The molecule has 36 heavy (non-hydrogen) atoms. The lowest BCUT2D eigenvalue weighted by molar-refractivity contribution is -0.175. The highest BCUT2D eigenvalue weighted by Gasteiger charge is 2.69. The van der Waals surface area contributed by atoms with E-state index in [1.165, 1.54) is 30.2 Å². The molecule has 1 heterocycles. The van der Waals surface area contributed by atoms with E-state index in [-0.39, 0.29) is 40.7 Å². The summed E-state index contributed by atoms with van der Waals surface area (Å²) in [5.41, 5.74) is 2.92. The number of benzene rings is 1. The van der Waals surface area contributed by atoms with Crippen LogP contribution in [0.1, 0.15) is 58.7 Å². The molecule has 6 rings (SSSR count). The summed E-state index contributed by atoms with van der Waals surface area (Å²) in [6.07, 6.45) is 7.68. The third-order valence-corrected chi connectivity index (χ3v) is 10.5. The molecule has 1 aromatic heterocycles. The number of Topliss-reactive ketones (excluding diaryl/α,β-unsaturated/α-hetero) is 1. The first-order valence-corrected chi connectivity index (χ1v) is 13.1. The number of carbonyl (C=O) groups excluding carboxylic acids is 1. The van der Waals surface area contributed by atoms with Crippen LogP contribution in [-0.4, -0.2) is 37.5 Å². The lowest BCUT2D eigenvalue weighted by atomic mass is 9.46. The number of aliphatic hydroxyl groups excluding tert-OH is 1. The Morgan fingerprint density at radius 3 is 2.58 bits per heavy atom. The zero-order valence-electron chi connectivity index (χ0n) is 21.6. The molecule has 4 aliphatic rings.